The van der Waals surface area contributed by atoms with Crippen molar-refractivity contribution in [2.75, 3.05) is 19.7 Å². The van der Waals surface area contributed by atoms with E-state index in [-0.39, 0.29) is 24.7 Å². The number of carbonyl (C=O) groups is 1. The van der Waals surface area contributed by atoms with Crippen LogP contribution in [0.3, 0.4) is 0 Å². The monoisotopic (exact) mass is 256 g/mol. The van der Waals surface area contributed by atoms with Gasteiger partial charge in [-0.25, -0.2) is 0 Å². The highest BCUT2D eigenvalue weighted by atomic mass is 16.5. The van der Waals surface area contributed by atoms with E-state index in [1.807, 2.05) is 0 Å². The summed E-state index contributed by atoms with van der Waals surface area (Å²) in [5, 5.41) is 6.28. The molecular weight excluding hydrogens is 228 g/mol. The molecule has 1 unspecified atom stereocenters. The summed E-state index contributed by atoms with van der Waals surface area (Å²) in [7, 11) is 0. The van der Waals surface area contributed by atoms with Crippen molar-refractivity contribution in [2.24, 2.45) is 5.92 Å². The summed E-state index contributed by atoms with van der Waals surface area (Å²) in [6.45, 7) is 8.67. The molecule has 1 aliphatic heterocycles. The van der Waals surface area contributed by atoms with Gasteiger partial charge in [-0.2, -0.15) is 0 Å². The molecule has 0 aromatic rings. The molecule has 1 rings (SSSR count). The molecule has 4 nitrogen and oxygen atoms in total. The van der Waals surface area contributed by atoms with Crippen molar-refractivity contribution in [3.8, 4) is 0 Å². The van der Waals surface area contributed by atoms with Gasteiger partial charge in [0.1, 0.15) is 6.61 Å². The van der Waals surface area contributed by atoms with Crippen molar-refractivity contribution in [1.29, 1.82) is 0 Å². The smallest absolute Gasteiger partial charge is 0.246 e. The fraction of sp³-hybridized carbons (Fsp3) is 0.929. The molecule has 18 heavy (non-hydrogen) atoms. The number of ether oxygens (including phenoxy) is 1. The highest BCUT2D eigenvalue weighted by molar-refractivity contribution is 5.77. The van der Waals surface area contributed by atoms with E-state index in [4.69, 9.17) is 4.74 Å². The molecule has 0 spiro atoms. The van der Waals surface area contributed by atoms with Gasteiger partial charge in [-0.15, -0.1) is 0 Å². The van der Waals surface area contributed by atoms with E-state index in [2.05, 4.69) is 31.4 Å². The second-order valence-electron chi connectivity index (χ2n) is 5.70. The highest BCUT2D eigenvalue weighted by Gasteiger charge is 2.15. The minimum Gasteiger partial charge on any atom is -0.368 e. The van der Waals surface area contributed by atoms with Gasteiger partial charge >= 0.3 is 0 Å². The lowest BCUT2D eigenvalue weighted by atomic mass is 10.0. The summed E-state index contributed by atoms with van der Waals surface area (Å²) in [4.78, 5) is 11.7. The van der Waals surface area contributed by atoms with Crippen LogP contribution in [-0.2, 0) is 9.53 Å². The third-order valence-corrected chi connectivity index (χ3v) is 3.32. The van der Waals surface area contributed by atoms with Crippen LogP contribution in [0, 0.1) is 5.92 Å². The first kappa shape index (κ1) is 15.4. The van der Waals surface area contributed by atoms with Gasteiger partial charge < -0.3 is 15.4 Å². The number of piperidine rings is 1. The van der Waals surface area contributed by atoms with Crippen LogP contribution in [0.25, 0.3) is 0 Å². The lowest BCUT2D eigenvalue weighted by Gasteiger charge is -2.23. The zero-order valence-electron chi connectivity index (χ0n) is 12.0. The number of rotatable bonds is 7. The Morgan fingerprint density at radius 3 is 2.56 bits per heavy atom. The van der Waals surface area contributed by atoms with Gasteiger partial charge in [0.25, 0.3) is 0 Å². The molecule has 0 saturated carbocycles. The lowest BCUT2D eigenvalue weighted by Crippen LogP contribution is -2.38. The van der Waals surface area contributed by atoms with E-state index in [1.165, 1.54) is 0 Å². The molecule has 0 aromatic heterocycles. The Balaban J connectivity index is 2.08. The van der Waals surface area contributed by atoms with Gasteiger partial charge in [-0.3, -0.25) is 4.79 Å². The normalized spacial score (nSPS) is 18.9. The number of nitrogens with one attached hydrogen (secondary N) is 2. The maximum atomic E-state index is 11.7. The zero-order valence-corrected chi connectivity index (χ0v) is 12.0. The molecule has 4 heteroatoms. The topological polar surface area (TPSA) is 50.4 Å². The maximum Gasteiger partial charge on any atom is 0.246 e. The largest absolute Gasteiger partial charge is 0.368 e. The van der Waals surface area contributed by atoms with Crippen LogP contribution in [0.5, 0.6) is 0 Å². The maximum absolute atomic E-state index is 11.7. The average Bonchev–Trinajstić information content (AvgIpc) is 2.35. The number of carbonyl (C=O) groups excluding carboxylic acids is 1. The molecule has 1 fully saturated rings. The van der Waals surface area contributed by atoms with E-state index in [9.17, 15) is 4.79 Å². The fourth-order valence-corrected chi connectivity index (χ4v) is 2.13. The standard InChI is InChI=1S/C14H28N2O2/c1-11(2)4-5-12(3)16-14(17)10-18-13-6-8-15-9-7-13/h11-13,15H,4-10H2,1-3H3,(H,16,17). The number of amides is 1. The van der Waals surface area contributed by atoms with Gasteiger partial charge in [0.15, 0.2) is 0 Å². The van der Waals surface area contributed by atoms with Crippen LogP contribution in [0.2, 0.25) is 0 Å². The molecular formula is C14H28N2O2. The summed E-state index contributed by atoms with van der Waals surface area (Å²) in [6, 6.07) is 0.247. The van der Waals surface area contributed by atoms with Crippen molar-refractivity contribution in [3.63, 3.8) is 0 Å². The predicted octanol–water partition coefficient (Wildman–Crippen LogP) is 1.70. The van der Waals surface area contributed by atoms with Crippen LogP contribution in [0.4, 0.5) is 0 Å². The fourth-order valence-electron chi connectivity index (χ4n) is 2.13. The summed E-state index contributed by atoms with van der Waals surface area (Å²) in [6.07, 6.45) is 4.46. The predicted molar refractivity (Wildman–Crippen MR) is 73.5 cm³/mol. The first-order valence-electron chi connectivity index (χ1n) is 7.19. The Hall–Kier alpha value is -0.610. The second-order valence-corrected chi connectivity index (χ2v) is 5.70. The Morgan fingerprint density at radius 1 is 1.28 bits per heavy atom. The summed E-state index contributed by atoms with van der Waals surface area (Å²) in [5.41, 5.74) is 0. The molecule has 1 aliphatic rings. The highest BCUT2D eigenvalue weighted by Crippen LogP contribution is 2.08. The molecule has 1 saturated heterocycles. The minimum absolute atomic E-state index is 0.0183. The van der Waals surface area contributed by atoms with Crippen LogP contribution < -0.4 is 10.6 Å². The van der Waals surface area contributed by atoms with Gasteiger partial charge in [-0.1, -0.05) is 13.8 Å². The lowest BCUT2D eigenvalue weighted by molar-refractivity contribution is -0.128. The molecule has 0 aromatic carbocycles. The first-order chi connectivity index (χ1) is 8.58. The van der Waals surface area contributed by atoms with Crippen molar-refractivity contribution in [2.45, 2.75) is 58.6 Å². The van der Waals surface area contributed by atoms with Gasteiger partial charge in [0.2, 0.25) is 5.91 Å². The molecule has 106 valence electrons. The Bertz CT molecular complexity index is 238. The van der Waals surface area contributed by atoms with Gasteiger partial charge in [-0.05, 0) is 51.6 Å². The molecule has 2 N–H and O–H groups in total. The van der Waals surface area contributed by atoms with Gasteiger partial charge in [0, 0.05) is 6.04 Å². The van der Waals surface area contributed by atoms with Gasteiger partial charge in [0.05, 0.1) is 6.10 Å². The molecule has 0 bridgehead atoms. The van der Waals surface area contributed by atoms with E-state index in [0.29, 0.717) is 5.92 Å². The van der Waals surface area contributed by atoms with Crippen LogP contribution >= 0.6 is 0 Å². The van der Waals surface area contributed by atoms with E-state index < -0.39 is 0 Å². The Morgan fingerprint density at radius 2 is 1.94 bits per heavy atom. The Labute approximate surface area is 111 Å². The van der Waals surface area contributed by atoms with Crippen molar-refractivity contribution in [1.82, 2.24) is 10.6 Å². The van der Waals surface area contributed by atoms with Crippen LogP contribution in [0.15, 0.2) is 0 Å². The van der Waals surface area contributed by atoms with E-state index in [1.54, 1.807) is 0 Å². The van der Waals surface area contributed by atoms with Crippen molar-refractivity contribution >= 4 is 5.91 Å². The minimum atomic E-state index is 0.0183. The number of hydrogen-bond donors (Lipinski definition) is 2. The quantitative estimate of drug-likeness (QED) is 0.729. The van der Waals surface area contributed by atoms with Crippen molar-refractivity contribution in [3.05, 3.63) is 0 Å². The summed E-state index contributed by atoms with van der Waals surface area (Å²) >= 11 is 0. The average molecular weight is 256 g/mol. The summed E-state index contributed by atoms with van der Waals surface area (Å²) < 4.78 is 5.62. The van der Waals surface area contributed by atoms with Crippen molar-refractivity contribution < 1.29 is 9.53 Å². The summed E-state index contributed by atoms with van der Waals surface area (Å²) in [5.74, 6) is 0.708. The van der Waals surface area contributed by atoms with E-state index in [0.717, 1.165) is 38.8 Å². The molecule has 0 aliphatic carbocycles. The number of hydrogen-bond acceptors (Lipinski definition) is 3. The molecule has 1 atom stereocenters. The molecule has 0 radical (unpaired) electrons. The zero-order chi connectivity index (χ0) is 13.4. The SMILES string of the molecule is CC(C)CCC(C)NC(=O)COC1CCNCC1. The molecule has 1 heterocycles. The first-order valence-corrected chi connectivity index (χ1v) is 7.19. The van der Waals surface area contributed by atoms with Crippen LogP contribution in [0.1, 0.15) is 46.5 Å². The third kappa shape index (κ3) is 6.97. The van der Waals surface area contributed by atoms with E-state index >= 15 is 0 Å². The Kier molecular flexibility index (Phi) is 7.28. The van der Waals surface area contributed by atoms with Crippen LogP contribution in [-0.4, -0.2) is 37.7 Å². The second kappa shape index (κ2) is 8.48. The third-order valence-electron chi connectivity index (χ3n) is 3.32. The molecule has 1 amide bonds.